The van der Waals surface area contributed by atoms with Gasteiger partial charge >= 0.3 is 5.97 Å². The van der Waals surface area contributed by atoms with Crippen molar-refractivity contribution in [3.63, 3.8) is 0 Å². The normalized spacial score (nSPS) is 20.6. The smallest absolute Gasteiger partial charge is 0.305 e. The molecule has 0 saturated heterocycles. The Kier molecular flexibility index (Phi) is 8.17. The van der Waals surface area contributed by atoms with Gasteiger partial charge in [-0.3, -0.25) is 4.79 Å². The number of ether oxygens (including phenoxy) is 1. The van der Waals surface area contributed by atoms with E-state index >= 15 is 0 Å². The van der Waals surface area contributed by atoms with Crippen LogP contribution in [0.15, 0.2) is 0 Å². The van der Waals surface area contributed by atoms with Gasteiger partial charge in [-0.05, 0) is 6.42 Å². The Balaban J connectivity index is 5.00. The van der Waals surface area contributed by atoms with Crippen LogP contribution in [0.25, 0.3) is 0 Å². The summed E-state index contributed by atoms with van der Waals surface area (Å²) in [7, 11) is 0. The fourth-order valence-corrected chi connectivity index (χ4v) is 1.73. The highest BCUT2D eigenvalue weighted by atomic mass is 16.7. The lowest BCUT2D eigenvalue weighted by Crippen LogP contribution is -2.57. The molecule has 0 aliphatic rings. The molecule has 8 heteroatoms. The lowest BCUT2D eigenvalue weighted by Gasteiger charge is -2.36. The first-order valence-electron chi connectivity index (χ1n) is 6.44. The Labute approximate surface area is 117 Å². The first-order valence-corrected chi connectivity index (χ1v) is 6.44. The molecule has 0 aromatic carbocycles. The summed E-state index contributed by atoms with van der Waals surface area (Å²) < 4.78 is 4.64. The predicted octanol–water partition coefficient (Wildman–Crippen LogP) is -2.14. The second-order valence-electron chi connectivity index (χ2n) is 4.72. The molecule has 0 aromatic rings. The fraction of sp³-hybridized carbons (Fsp3) is 0.917. The van der Waals surface area contributed by atoms with Gasteiger partial charge < -0.3 is 35.4 Å². The Hall–Kier alpha value is -0.770. The fourth-order valence-electron chi connectivity index (χ4n) is 1.73. The number of carbonyl (C=O) groups is 1. The molecule has 0 bridgehead atoms. The number of esters is 1. The quantitative estimate of drug-likeness (QED) is 0.209. The molecule has 6 N–H and O–H groups in total. The SMILES string of the molecule is CCCCC(O)(OC(C)=O)[C@H](O)[C@H](O)[C@H](O)[C@@H](O)CO. The van der Waals surface area contributed by atoms with E-state index in [1.807, 2.05) is 0 Å². The van der Waals surface area contributed by atoms with E-state index in [1.54, 1.807) is 6.92 Å². The average Bonchev–Trinajstić information content (AvgIpc) is 2.40. The van der Waals surface area contributed by atoms with Gasteiger partial charge in [-0.2, -0.15) is 0 Å². The molecule has 0 spiro atoms. The molecular formula is C12H24O8. The van der Waals surface area contributed by atoms with E-state index in [9.17, 15) is 30.3 Å². The molecular weight excluding hydrogens is 272 g/mol. The maximum absolute atomic E-state index is 11.0. The number of hydrogen-bond acceptors (Lipinski definition) is 8. The van der Waals surface area contributed by atoms with Crippen molar-refractivity contribution in [3.8, 4) is 0 Å². The predicted molar refractivity (Wildman–Crippen MR) is 67.4 cm³/mol. The average molecular weight is 296 g/mol. The Morgan fingerprint density at radius 3 is 2.15 bits per heavy atom. The lowest BCUT2D eigenvalue weighted by molar-refractivity contribution is -0.275. The monoisotopic (exact) mass is 296 g/mol. The molecule has 1 unspecified atom stereocenters. The summed E-state index contributed by atoms with van der Waals surface area (Å²) in [5.41, 5.74) is 0. The van der Waals surface area contributed by atoms with Crippen molar-refractivity contribution in [1.29, 1.82) is 0 Å². The van der Waals surface area contributed by atoms with Crippen molar-refractivity contribution < 1.29 is 40.2 Å². The van der Waals surface area contributed by atoms with E-state index in [2.05, 4.69) is 4.74 Å². The van der Waals surface area contributed by atoms with Gasteiger partial charge in [-0.1, -0.05) is 13.3 Å². The first kappa shape index (κ1) is 19.2. The van der Waals surface area contributed by atoms with Crippen LogP contribution in [0, 0.1) is 0 Å². The van der Waals surface area contributed by atoms with Gasteiger partial charge in [0.05, 0.1) is 6.61 Å². The highest BCUT2D eigenvalue weighted by Crippen LogP contribution is 2.25. The van der Waals surface area contributed by atoms with Gasteiger partial charge in [-0.25, -0.2) is 0 Å². The third-order valence-corrected chi connectivity index (χ3v) is 2.93. The van der Waals surface area contributed by atoms with Gasteiger partial charge in [0.25, 0.3) is 0 Å². The number of rotatable bonds is 9. The standard InChI is InChI=1S/C12H24O8/c1-3-4-5-12(19,20-7(2)14)11(18)10(17)9(16)8(15)6-13/h8-11,13,15-19H,3-6H2,1-2H3/t8-,9+,10+,11+,12?/m0/s1. The summed E-state index contributed by atoms with van der Waals surface area (Å²) in [6.07, 6.45) is -6.76. The summed E-state index contributed by atoms with van der Waals surface area (Å²) in [6, 6.07) is 0. The molecule has 0 fully saturated rings. The van der Waals surface area contributed by atoms with E-state index in [4.69, 9.17) is 5.11 Å². The van der Waals surface area contributed by atoms with Crippen molar-refractivity contribution in [2.45, 2.75) is 63.3 Å². The van der Waals surface area contributed by atoms with Crippen molar-refractivity contribution >= 4 is 5.97 Å². The van der Waals surface area contributed by atoms with Crippen LogP contribution in [-0.4, -0.2) is 73.4 Å². The van der Waals surface area contributed by atoms with E-state index in [-0.39, 0.29) is 6.42 Å². The summed E-state index contributed by atoms with van der Waals surface area (Å²) >= 11 is 0. The molecule has 8 nitrogen and oxygen atoms in total. The maximum atomic E-state index is 11.0. The molecule has 0 aliphatic carbocycles. The van der Waals surface area contributed by atoms with Gasteiger partial charge in [0.1, 0.15) is 24.4 Å². The van der Waals surface area contributed by atoms with Gasteiger partial charge in [0, 0.05) is 13.3 Å². The van der Waals surface area contributed by atoms with Crippen LogP contribution in [0.1, 0.15) is 33.1 Å². The van der Waals surface area contributed by atoms with Crippen LogP contribution < -0.4 is 0 Å². The zero-order valence-electron chi connectivity index (χ0n) is 11.6. The second-order valence-corrected chi connectivity index (χ2v) is 4.72. The summed E-state index contributed by atoms with van der Waals surface area (Å²) in [4.78, 5) is 11.0. The molecule has 5 atom stereocenters. The molecule has 0 aromatic heterocycles. The molecule has 0 amide bonds. The third-order valence-electron chi connectivity index (χ3n) is 2.93. The van der Waals surface area contributed by atoms with E-state index < -0.39 is 42.8 Å². The van der Waals surface area contributed by atoms with Crippen LogP contribution in [0.4, 0.5) is 0 Å². The minimum Gasteiger partial charge on any atom is -0.430 e. The van der Waals surface area contributed by atoms with Crippen LogP contribution in [0.5, 0.6) is 0 Å². The van der Waals surface area contributed by atoms with E-state index in [1.165, 1.54) is 0 Å². The zero-order valence-corrected chi connectivity index (χ0v) is 11.6. The summed E-state index contributed by atoms with van der Waals surface area (Å²) in [6.45, 7) is 1.99. The highest BCUT2D eigenvalue weighted by molar-refractivity contribution is 5.66. The molecule has 0 saturated carbocycles. The Morgan fingerprint density at radius 1 is 1.20 bits per heavy atom. The van der Waals surface area contributed by atoms with Gasteiger partial charge in [0.2, 0.25) is 5.79 Å². The van der Waals surface area contributed by atoms with Crippen molar-refractivity contribution in [3.05, 3.63) is 0 Å². The van der Waals surface area contributed by atoms with Crippen LogP contribution in [0.2, 0.25) is 0 Å². The number of carbonyl (C=O) groups excluding carboxylic acids is 1. The minimum absolute atomic E-state index is 0.150. The summed E-state index contributed by atoms with van der Waals surface area (Å²) in [5.74, 6) is -3.25. The zero-order chi connectivity index (χ0) is 15.9. The highest BCUT2D eigenvalue weighted by Gasteiger charge is 2.46. The second kappa shape index (κ2) is 8.50. The third kappa shape index (κ3) is 5.31. The number of hydrogen-bond donors (Lipinski definition) is 6. The number of aliphatic hydroxyl groups is 6. The largest absolute Gasteiger partial charge is 0.430 e. The van der Waals surface area contributed by atoms with Crippen LogP contribution >= 0.6 is 0 Å². The lowest BCUT2D eigenvalue weighted by atomic mass is 9.93. The van der Waals surface area contributed by atoms with Crippen LogP contribution in [0.3, 0.4) is 0 Å². The maximum Gasteiger partial charge on any atom is 0.305 e. The van der Waals surface area contributed by atoms with E-state index in [0.29, 0.717) is 12.8 Å². The molecule has 0 radical (unpaired) electrons. The van der Waals surface area contributed by atoms with Crippen molar-refractivity contribution in [2.75, 3.05) is 6.61 Å². The van der Waals surface area contributed by atoms with Gasteiger partial charge in [-0.15, -0.1) is 0 Å². The molecule has 0 heterocycles. The minimum atomic E-state index is -2.38. The molecule has 0 aliphatic heterocycles. The Morgan fingerprint density at radius 2 is 1.75 bits per heavy atom. The summed E-state index contributed by atoms with van der Waals surface area (Å²) in [5, 5.41) is 57.1. The van der Waals surface area contributed by atoms with E-state index in [0.717, 1.165) is 6.92 Å². The molecule has 0 rings (SSSR count). The first-order chi connectivity index (χ1) is 9.19. The molecule has 20 heavy (non-hydrogen) atoms. The van der Waals surface area contributed by atoms with Crippen molar-refractivity contribution in [2.24, 2.45) is 0 Å². The van der Waals surface area contributed by atoms with Crippen molar-refractivity contribution in [1.82, 2.24) is 0 Å². The van der Waals surface area contributed by atoms with Gasteiger partial charge in [0.15, 0.2) is 0 Å². The topological polar surface area (TPSA) is 148 Å². The van der Waals surface area contributed by atoms with Crippen LogP contribution in [-0.2, 0) is 9.53 Å². The number of unbranched alkanes of at least 4 members (excludes halogenated alkanes) is 1. The Bertz CT molecular complexity index is 297. The number of aliphatic hydroxyl groups excluding tert-OH is 5. The molecule has 120 valence electrons.